The van der Waals surface area contributed by atoms with Crippen LogP contribution in [0.3, 0.4) is 0 Å². The van der Waals surface area contributed by atoms with Gasteiger partial charge in [-0.05, 0) is 13.8 Å². The van der Waals surface area contributed by atoms with Gasteiger partial charge in [0.1, 0.15) is 0 Å². The summed E-state index contributed by atoms with van der Waals surface area (Å²) in [6, 6.07) is 0. The quantitative estimate of drug-likeness (QED) is 0.343. The van der Waals surface area contributed by atoms with Crippen molar-refractivity contribution in [1.29, 1.82) is 0 Å². The van der Waals surface area contributed by atoms with Crippen LogP contribution < -0.4 is 0 Å². The molecule has 0 aliphatic heterocycles. The Morgan fingerprint density at radius 3 is 2.46 bits per heavy atom. The Morgan fingerprint density at radius 2 is 2.23 bits per heavy atom. The van der Waals surface area contributed by atoms with E-state index >= 15 is 0 Å². The van der Waals surface area contributed by atoms with Gasteiger partial charge in [-0.25, -0.2) is 0 Å². The van der Waals surface area contributed by atoms with E-state index in [-0.39, 0.29) is 6.29 Å². The van der Waals surface area contributed by atoms with Gasteiger partial charge in [0.2, 0.25) is 0 Å². The van der Waals surface area contributed by atoms with Gasteiger partial charge in [0.15, 0.2) is 23.8 Å². The Kier molecular flexibility index (Phi) is 3.49. The van der Waals surface area contributed by atoms with E-state index < -0.39 is 22.6 Å². The first-order valence-corrected chi connectivity index (χ1v) is 3.31. The van der Waals surface area contributed by atoms with Crippen LogP contribution in [0.1, 0.15) is 13.8 Å². The molecule has 0 fully saturated rings. The van der Waals surface area contributed by atoms with Gasteiger partial charge >= 0.3 is 0 Å². The van der Waals surface area contributed by atoms with Crippen LogP contribution in [0.15, 0.2) is 0 Å². The molecule has 0 rings (SSSR count). The molecule has 2 atom stereocenters. The van der Waals surface area contributed by atoms with Crippen molar-refractivity contribution in [2.75, 3.05) is 0 Å². The van der Waals surface area contributed by atoms with Crippen LogP contribution in [0.4, 0.5) is 0 Å². The second-order valence-electron chi connectivity index (χ2n) is 2.66. The van der Waals surface area contributed by atoms with Gasteiger partial charge in [-0.1, -0.05) is 0 Å². The number of nitrogens with zero attached hydrogens (tertiary/aromatic N) is 1. The third-order valence-corrected chi connectivity index (χ3v) is 1.33. The van der Waals surface area contributed by atoms with Gasteiger partial charge < -0.3 is 9.90 Å². The molecule has 7 nitrogen and oxygen atoms in total. The average molecular weight is 191 g/mol. The Balaban J connectivity index is 4.70. The highest BCUT2D eigenvalue weighted by atomic mass is 17.0. The minimum absolute atomic E-state index is 0.0164. The molecule has 0 amide bonds. The molecule has 0 aromatic heterocycles. The van der Waals surface area contributed by atoms with Crippen LogP contribution in [0.25, 0.3) is 0 Å². The predicted octanol–water partition coefficient (Wildman–Crippen LogP) is -0.898. The normalized spacial score (nSPS) is 16.8. The van der Waals surface area contributed by atoms with Gasteiger partial charge in [-0.2, -0.15) is 0 Å². The van der Waals surface area contributed by atoms with E-state index in [1.54, 1.807) is 0 Å². The summed E-state index contributed by atoms with van der Waals surface area (Å²) in [6.45, 7) is 1.93. The monoisotopic (exact) mass is 191 g/mol. The molecule has 0 heterocycles. The summed E-state index contributed by atoms with van der Waals surface area (Å²) >= 11 is 0. The van der Waals surface area contributed by atoms with Crippen LogP contribution in [0.2, 0.25) is 0 Å². The number of hydrogen-bond acceptors (Lipinski definition) is 6. The zero-order valence-corrected chi connectivity index (χ0v) is 7.09. The lowest BCUT2D eigenvalue weighted by Crippen LogP contribution is -2.47. The largest absolute Gasteiger partial charge is 0.380 e. The number of ketones is 1. The standard InChI is InChI=1S/C6H9NO6/c1-4(9)5(13-7(11)12)6(2,10)3-8/h3,5,10H,1-2H3. The first-order chi connectivity index (χ1) is 5.81. The fraction of sp³-hybridized carbons (Fsp3) is 0.667. The summed E-state index contributed by atoms with van der Waals surface area (Å²) in [4.78, 5) is 34.7. The average Bonchev–Trinajstić information content (AvgIpc) is 1.99. The molecule has 0 aromatic carbocycles. The summed E-state index contributed by atoms with van der Waals surface area (Å²) in [5.41, 5.74) is -2.18. The Bertz CT molecular complexity index is 235. The van der Waals surface area contributed by atoms with Crippen LogP contribution in [-0.2, 0) is 14.4 Å². The number of carbonyl (C=O) groups excluding carboxylic acids is 2. The maximum absolute atomic E-state index is 10.7. The minimum atomic E-state index is -2.18. The number of rotatable bonds is 5. The second kappa shape index (κ2) is 3.94. The summed E-state index contributed by atoms with van der Waals surface area (Å²) in [6.07, 6.45) is -1.76. The molecular formula is C6H9NO6. The molecule has 0 saturated carbocycles. The van der Waals surface area contributed by atoms with Gasteiger partial charge in [-0.3, -0.25) is 9.63 Å². The zero-order valence-electron chi connectivity index (χ0n) is 7.09. The molecule has 74 valence electrons. The van der Waals surface area contributed by atoms with E-state index in [9.17, 15) is 24.8 Å². The molecule has 0 radical (unpaired) electrons. The number of hydrogen-bond donors (Lipinski definition) is 1. The third kappa shape index (κ3) is 3.16. The van der Waals surface area contributed by atoms with Crippen molar-refractivity contribution in [3.05, 3.63) is 10.1 Å². The second-order valence-corrected chi connectivity index (χ2v) is 2.66. The number of aliphatic hydroxyl groups is 1. The van der Waals surface area contributed by atoms with Gasteiger partial charge in [-0.15, -0.1) is 10.1 Å². The van der Waals surface area contributed by atoms with Crippen LogP contribution in [0.5, 0.6) is 0 Å². The fourth-order valence-corrected chi connectivity index (χ4v) is 0.740. The first kappa shape index (κ1) is 11.5. The zero-order chi connectivity index (χ0) is 10.6. The lowest BCUT2D eigenvalue weighted by molar-refractivity contribution is -0.767. The summed E-state index contributed by atoms with van der Waals surface area (Å²) < 4.78 is 0. The third-order valence-electron chi connectivity index (χ3n) is 1.33. The van der Waals surface area contributed by atoms with Crippen molar-refractivity contribution in [2.24, 2.45) is 0 Å². The molecule has 1 N–H and O–H groups in total. The summed E-state index contributed by atoms with van der Waals surface area (Å²) in [5, 5.41) is 17.8. The highest BCUT2D eigenvalue weighted by Gasteiger charge is 2.38. The molecule has 2 unspecified atom stereocenters. The van der Waals surface area contributed by atoms with Crippen LogP contribution >= 0.6 is 0 Å². The highest BCUT2D eigenvalue weighted by Crippen LogP contribution is 2.11. The van der Waals surface area contributed by atoms with Crippen molar-refractivity contribution in [3.63, 3.8) is 0 Å². The molecule has 0 aromatic rings. The van der Waals surface area contributed by atoms with Crippen molar-refractivity contribution < 1.29 is 24.6 Å². The number of Topliss-reactive ketones (excluding diaryl/α,β-unsaturated/α-hetero) is 1. The van der Waals surface area contributed by atoms with Gasteiger partial charge in [0, 0.05) is 0 Å². The fourth-order valence-electron chi connectivity index (χ4n) is 0.740. The maximum Gasteiger partial charge on any atom is 0.295 e. The molecule has 0 aliphatic rings. The van der Waals surface area contributed by atoms with Crippen molar-refractivity contribution in [3.8, 4) is 0 Å². The molecule has 0 saturated heterocycles. The molecule has 0 aliphatic carbocycles. The Hall–Kier alpha value is -1.50. The van der Waals surface area contributed by atoms with E-state index in [2.05, 4.69) is 4.84 Å². The SMILES string of the molecule is CC(=O)C(O[N+](=O)[O-])C(C)(O)C=O. The smallest absolute Gasteiger partial charge is 0.295 e. The van der Waals surface area contributed by atoms with Crippen molar-refractivity contribution in [2.45, 2.75) is 25.6 Å². The first-order valence-electron chi connectivity index (χ1n) is 3.31. The summed E-state index contributed by atoms with van der Waals surface area (Å²) in [5.74, 6) is -0.797. The highest BCUT2D eigenvalue weighted by molar-refractivity contribution is 5.86. The Labute approximate surface area is 73.4 Å². The summed E-state index contributed by atoms with van der Waals surface area (Å²) in [7, 11) is 0. The predicted molar refractivity (Wildman–Crippen MR) is 39.2 cm³/mol. The molecule has 7 heteroatoms. The van der Waals surface area contributed by atoms with Crippen molar-refractivity contribution in [1.82, 2.24) is 0 Å². The van der Waals surface area contributed by atoms with E-state index in [1.165, 1.54) is 0 Å². The Morgan fingerprint density at radius 1 is 1.77 bits per heavy atom. The van der Waals surface area contributed by atoms with Crippen molar-refractivity contribution >= 4 is 12.1 Å². The van der Waals surface area contributed by atoms with Gasteiger partial charge in [0.05, 0.1) is 0 Å². The number of aldehydes is 1. The lowest BCUT2D eigenvalue weighted by Gasteiger charge is -2.22. The minimum Gasteiger partial charge on any atom is -0.380 e. The van der Waals surface area contributed by atoms with Crippen LogP contribution in [0, 0.1) is 10.1 Å². The topological polar surface area (TPSA) is 107 Å². The van der Waals surface area contributed by atoms with E-state index in [4.69, 9.17) is 0 Å². The molecular weight excluding hydrogens is 182 g/mol. The van der Waals surface area contributed by atoms with E-state index in [0.717, 1.165) is 13.8 Å². The number of carbonyl (C=O) groups is 2. The molecule has 13 heavy (non-hydrogen) atoms. The van der Waals surface area contributed by atoms with E-state index in [0.29, 0.717) is 0 Å². The lowest BCUT2D eigenvalue weighted by atomic mass is 9.98. The van der Waals surface area contributed by atoms with E-state index in [1.807, 2.05) is 0 Å². The van der Waals surface area contributed by atoms with Crippen LogP contribution in [-0.4, -0.2) is 34.0 Å². The molecule has 0 spiro atoms. The van der Waals surface area contributed by atoms with Gasteiger partial charge in [0.25, 0.3) is 5.09 Å². The molecule has 0 bridgehead atoms. The maximum atomic E-state index is 10.7.